The van der Waals surface area contributed by atoms with E-state index in [0.717, 1.165) is 48.8 Å². The van der Waals surface area contributed by atoms with Gasteiger partial charge in [-0.15, -0.1) is 0 Å². The molecule has 3 aromatic rings. The Morgan fingerprint density at radius 1 is 1.38 bits per heavy atom. The number of carbonyl (C=O) groups is 1. The normalized spacial score (nSPS) is 20.1. The molecule has 1 aliphatic rings. The monoisotopic (exact) mass is 460 g/mol. The molecule has 0 radical (unpaired) electrons. The lowest BCUT2D eigenvalue weighted by molar-refractivity contribution is 0.136. The summed E-state index contributed by atoms with van der Waals surface area (Å²) in [6.45, 7) is 7.98. The van der Waals surface area contributed by atoms with Gasteiger partial charge in [-0.25, -0.2) is 9.78 Å². The van der Waals surface area contributed by atoms with Crippen LogP contribution in [0.3, 0.4) is 0 Å². The molecule has 2 unspecified atom stereocenters. The average Bonchev–Trinajstić information content (AvgIpc) is 3.20. The van der Waals surface area contributed by atoms with Crippen molar-refractivity contribution >= 4 is 22.8 Å². The lowest BCUT2D eigenvalue weighted by Crippen LogP contribution is -2.39. The van der Waals surface area contributed by atoms with Crippen molar-refractivity contribution in [1.82, 2.24) is 9.55 Å². The fourth-order valence-corrected chi connectivity index (χ4v) is 5.42. The van der Waals surface area contributed by atoms with Crippen molar-refractivity contribution in [2.45, 2.75) is 53.0 Å². The lowest BCUT2D eigenvalue weighted by atomic mass is 9.70. The van der Waals surface area contributed by atoms with Gasteiger partial charge in [0.25, 0.3) is 0 Å². The molecule has 1 N–H and O–H groups in total. The number of imidazole rings is 1. The molecule has 4 rings (SSSR count). The molecule has 1 fully saturated rings. The van der Waals surface area contributed by atoms with Gasteiger partial charge in [0.2, 0.25) is 0 Å². The highest BCUT2D eigenvalue weighted by molar-refractivity contribution is 5.86. The molecule has 1 aliphatic carbocycles. The first-order chi connectivity index (χ1) is 16.3. The summed E-state index contributed by atoms with van der Waals surface area (Å²) in [4.78, 5) is 18.2. The summed E-state index contributed by atoms with van der Waals surface area (Å²) in [7, 11) is 0. The van der Waals surface area contributed by atoms with Gasteiger partial charge in [-0.3, -0.25) is 4.90 Å². The van der Waals surface area contributed by atoms with Crippen LogP contribution in [-0.4, -0.2) is 33.9 Å². The molecule has 0 spiro atoms. The Morgan fingerprint density at radius 2 is 2.21 bits per heavy atom. The Hall–Kier alpha value is -3.53. The molecular weight excluding hydrogens is 428 g/mol. The first-order valence-corrected chi connectivity index (χ1v) is 11.9. The number of aryl methyl sites for hydroxylation is 1. The van der Waals surface area contributed by atoms with Crippen molar-refractivity contribution in [3.05, 3.63) is 53.9 Å². The first kappa shape index (κ1) is 23.6. The molecule has 178 valence electrons. The largest absolute Gasteiger partial charge is 0.494 e. The highest BCUT2D eigenvalue weighted by Crippen LogP contribution is 2.42. The Bertz CT molecular complexity index is 1230. The molecule has 1 saturated carbocycles. The summed E-state index contributed by atoms with van der Waals surface area (Å²) >= 11 is 0. The maximum Gasteiger partial charge on any atom is 0.411 e. The van der Waals surface area contributed by atoms with Gasteiger partial charge in [-0.2, -0.15) is 5.26 Å². The number of carboxylic acid groups (broad SMARTS) is 1. The molecule has 7 heteroatoms. The van der Waals surface area contributed by atoms with E-state index in [-0.39, 0.29) is 11.3 Å². The van der Waals surface area contributed by atoms with Gasteiger partial charge in [0.05, 0.1) is 41.3 Å². The molecule has 1 aromatic heterocycles. The molecule has 0 bridgehead atoms. The molecule has 2 atom stereocenters. The van der Waals surface area contributed by atoms with E-state index in [1.165, 1.54) is 4.90 Å². The Balaban J connectivity index is 1.53. The molecule has 7 nitrogen and oxygen atoms in total. The summed E-state index contributed by atoms with van der Waals surface area (Å²) in [5.41, 5.74) is 4.23. The highest BCUT2D eigenvalue weighted by atomic mass is 16.5. The minimum atomic E-state index is -0.943. The van der Waals surface area contributed by atoms with Crippen molar-refractivity contribution in [1.29, 1.82) is 5.26 Å². The predicted molar refractivity (Wildman–Crippen MR) is 132 cm³/mol. The second kappa shape index (κ2) is 9.76. The third-order valence-corrected chi connectivity index (χ3v) is 6.88. The summed E-state index contributed by atoms with van der Waals surface area (Å²) < 4.78 is 7.73. The van der Waals surface area contributed by atoms with Gasteiger partial charge in [-0.1, -0.05) is 19.4 Å². The van der Waals surface area contributed by atoms with Crippen LogP contribution in [0.15, 0.2) is 42.7 Å². The number of aromatic nitrogens is 2. The smallest absolute Gasteiger partial charge is 0.411 e. The number of amides is 1. The van der Waals surface area contributed by atoms with E-state index in [2.05, 4.69) is 22.5 Å². The van der Waals surface area contributed by atoms with E-state index in [0.29, 0.717) is 30.2 Å². The summed E-state index contributed by atoms with van der Waals surface area (Å²) in [6.07, 6.45) is 5.00. The number of benzene rings is 2. The van der Waals surface area contributed by atoms with Crippen molar-refractivity contribution in [2.24, 2.45) is 11.3 Å². The fraction of sp³-hybridized carbons (Fsp3) is 0.444. The third-order valence-electron chi connectivity index (χ3n) is 6.88. The second-order valence-electron chi connectivity index (χ2n) is 9.74. The minimum absolute atomic E-state index is 0.0183. The quantitative estimate of drug-likeness (QED) is 0.467. The number of nitrogens with zero attached hydrogens (tertiary/aromatic N) is 4. The first-order valence-electron chi connectivity index (χ1n) is 11.9. The van der Waals surface area contributed by atoms with Crippen LogP contribution in [0, 0.1) is 29.6 Å². The molecule has 0 saturated heterocycles. The van der Waals surface area contributed by atoms with Crippen LogP contribution in [0.4, 0.5) is 10.5 Å². The number of ether oxygens (including phenoxy) is 1. The third kappa shape index (κ3) is 5.01. The van der Waals surface area contributed by atoms with Crippen LogP contribution in [-0.2, 0) is 6.54 Å². The van der Waals surface area contributed by atoms with Crippen molar-refractivity contribution in [2.75, 3.05) is 18.1 Å². The Kier molecular flexibility index (Phi) is 6.78. The van der Waals surface area contributed by atoms with E-state index >= 15 is 0 Å². The minimum Gasteiger partial charge on any atom is -0.494 e. The van der Waals surface area contributed by atoms with E-state index in [9.17, 15) is 15.2 Å². The number of hydrogen-bond acceptors (Lipinski definition) is 4. The number of rotatable bonds is 7. The van der Waals surface area contributed by atoms with Crippen LogP contribution in [0.2, 0.25) is 0 Å². The maximum atomic E-state index is 12.1. The van der Waals surface area contributed by atoms with Crippen molar-refractivity contribution in [3.8, 4) is 11.8 Å². The summed E-state index contributed by atoms with van der Waals surface area (Å²) in [5, 5.41) is 19.3. The maximum absolute atomic E-state index is 12.1. The van der Waals surface area contributed by atoms with Crippen LogP contribution in [0.5, 0.6) is 5.75 Å². The van der Waals surface area contributed by atoms with Gasteiger partial charge in [-0.05, 0) is 74.3 Å². The number of hydrogen-bond donors (Lipinski definition) is 1. The van der Waals surface area contributed by atoms with E-state index in [1.54, 1.807) is 6.07 Å². The molecule has 0 aliphatic heterocycles. The topological polar surface area (TPSA) is 91.4 Å². The van der Waals surface area contributed by atoms with Gasteiger partial charge >= 0.3 is 6.09 Å². The summed E-state index contributed by atoms with van der Waals surface area (Å²) in [6, 6.07) is 13.3. The van der Waals surface area contributed by atoms with E-state index in [1.807, 2.05) is 50.5 Å². The molecule has 2 aromatic carbocycles. The predicted octanol–water partition coefficient (Wildman–Crippen LogP) is 6.00. The Morgan fingerprint density at radius 3 is 2.94 bits per heavy atom. The number of anilines is 1. The van der Waals surface area contributed by atoms with Crippen molar-refractivity contribution in [3.63, 3.8) is 0 Å². The van der Waals surface area contributed by atoms with Gasteiger partial charge < -0.3 is 14.4 Å². The van der Waals surface area contributed by atoms with Gasteiger partial charge in [0, 0.05) is 19.2 Å². The standard InChI is InChI=1S/C27H32N4O3/c1-4-34-23-9-5-8-22(13-23)31(26(32)33)16-20-7-6-10-27(3,14-20)17-30-18-29-25-19(2)11-21(15-28)12-24(25)30/h5,8-9,11-13,18,20H,4,6-7,10,14,16-17H2,1-3H3,(H,32,33). The molecule has 1 amide bonds. The second-order valence-corrected chi connectivity index (χ2v) is 9.74. The van der Waals surface area contributed by atoms with Crippen LogP contribution in [0.1, 0.15) is 50.7 Å². The molecule has 34 heavy (non-hydrogen) atoms. The zero-order valence-electron chi connectivity index (χ0n) is 20.1. The summed E-state index contributed by atoms with van der Waals surface area (Å²) in [5.74, 6) is 0.940. The lowest BCUT2D eigenvalue weighted by Gasteiger charge is -2.40. The van der Waals surface area contributed by atoms with Gasteiger partial charge in [0.15, 0.2) is 0 Å². The zero-order chi connectivity index (χ0) is 24.3. The average molecular weight is 461 g/mol. The SMILES string of the molecule is CCOc1cccc(N(CC2CCCC(C)(Cn3cnc4c(C)cc(C#N)cc43)C2)C(=O)O)c1. The van der Waals surface area contributed by atoms with Crippen LogP contribution in [0.25, 0.3) is 11.0 Å². The van der Waals surface area contributed by atoms with Crippen molar-refractivity contribution < 1.29 is 14.6 Å². The van der Waals surface area contributed by atoms with Gasteiger partial charge in [0.1, 0.15) is 5.75 Å². The number of nitriles is 1. The molecular formula is C27H32N4O3. The zero-order valence-corrected chi connectivity index (χ0v) is 20.1. The van der Waals surface area contributed by atoms with E-state index in [4.69, 9.17) is 4.74 Å². The van der Waals surface area contributed by atoms with Crippen LogP contribution >= 0.6 is 0 Å². The van der Waals surface area contributed by atoms with E-state index < -0.39 is 6.09 Å². The Labute approximate surface area is 200 Å². The highest BCUT2D eigenvalue weighted by Gasteiger charge is 2.34. The van der Waals surface area contributed by atoms with Crippen LogP contribution < -0.4 is 9.64 Å². The number of fused-ring (bicyclic) bond motifs is 1. The fourth-order valence-electron chi connectivity index (χ4n) is 5.42. The molecule has 1 heterocycles.